The molecule has 0 bridgehead atoms. The molecule has 3 unspecified atom stereocenters. The van der Waals surface area contributed by atoms with Gasteiger partial charge in [-0.15, -0.1) is 0 Å². The van der Waals surface area contributed by atoms with Gasteiger partial charge in [-0.25, -0.2) is 13.2 Å². The Hall–Kier alpha value is -2.87. The lowest BCUT2D eigenvalue weighted by molar-refractivity contribution is -0.146. The predicted octanol–water partition coefficient (Wildman–Crippen LogP) is 6.62. The Balaban J connectivity index is 1.46. The smallest absolute Gasteiger partial charge is 0.320 e. The number of nitrogens with zero attached hydrogens (tertiary/aromatic N) is 2. The summed E-state index contributed by atoms with van der Waals surface area (Å²) >= 11 is 0. The van der Waals surface area contributed by atoms with Crippen LogP contribution in [0.3, 0.4) is 0 Å². The topological polar surface area (TPSA) is 60.9 Å². The monoisotopic (exact) mass is 530 g/mol. The second-order valence-corrected chi connectivity index (χ2v) is 11.1. The molecule has 2 fully saturated rings. The van der Waals surface area contributed by atoms with E-state index in [4.69, 9.17) is 0 Å². The van der Waals surface area contributed by atoms with Crippen LogP contribution in [0, 0.1) is 11.7 Å². The number of carbonyl (C=O) groups excluding carboxylic acids is 1. The van der Waals surface area contributed by atoms with Crippen molar-refractivity contribution >= 4 is 17.6 Å². The van der Waals surface area contributed by atoms with Gasteiger partial charge < -0.3 is 10.0 Å². The maximum atomic E-state index is 14.7. The fourth-order valence-corrected chi connectivity index (χ4v) is 5.85. The third kappa shape index (κ3) is 6.76. The fraction of sp³-hybridized carbons (Fsp3) is 0.533. The number of hydrogen-bond donors (Lipinski definition) is 1. The number of rotatable bonds is 8. The maximum Gasteiger partial charge on any atom is 0.320 e. The summed E-state index contributed by atoms with van der Waals surface area (Å²) < 4.78 is 43.3. The normalized spacial score (nSPS) is 23.8. The van der Waals surface area contributed by atoms with Gasteiger partial charge in [-0.1, -0.05) is 44.2 Å². The molecule has 2 aromatic rings. The SMILES string of the molecule is CC(C)c1ccc(CN2CCC(CC(=O)N(c3ccccc3)C3CCCC(F)(F)C3)CC2C(=O)O)c(F)c1. The number of benzene rings is 2. The molecule has 206 valence electrons. The van der Waals surface area contributed by atoms with Crippen LogP contribution in [0.1, 0.15) is 75.8 Å². The van der Waals surface area contributed by atoms with Crippen molar-refractivity contribution in [1.29, 1.82) is 0 Å². The minimum absolute atomic E-state index is 0.0893. The van der Waals surface area contributed by atoms with Crippen molar-refractivity contribution in [2.75, 3.05) is 11.4 Å². The molecule has 1 saturated heterocycles. The van der Waals surface area contributed by atoms with Gasteiger partial charge in [-0.2, -0.15) is 0 Å². The molecule has 4 rings (SSSR count). The minimum Gasteiger partial charge on any atom is -0.480 e. The highest BCUT2D eigenvalue weighted by atomic mass is 19.3. The summed E-state index contributed by atoms with van der Waals surface area (Å²) in [5, 5.41) is 9.96. The molecule has 0 radical (unpaired) electrons. The summed E-state index contributed by atoms with van der Waals surface area (Å²) in [6, 6.07) is 12.5. The van der Waals surface area contributed by atoms with E-state index in [1.165, 1.54) is 11.0 Å². The van der Waals surface area contributed by atoms with Crippen LogP contribution in [0.15, 0.2) is 48.5 Å². The van der Waals surface area contributed by atoms with Crippen LogP contribution in [-0.4, -0.2) is 46.4 Å². The van der Waals surface area contributed by atoms with Crippen molar-refractivity contribution in [2.45, 2.75) is 89.3 Å². The van der Waals surface area contributed by atoms with Crippen LogP contribution in [-0.2, 0) is 16.1 Å². The van der Waals surface area contributed by atoms with E-state index in [-0.39, 0.29) is 55.8 Å². The van der Waals surface area contributed by atoms with Crippen LogP contribution < -0.4 is 4.90 Å². The lowest BCUT2D eigenvalue weighted by atomic mass is 9.86. The van der Waals surface area contributed by atoms with E-state index < -0.39 is 24.0 Å². The molecule has 1 aliphatic carbocycles. The molecule has 1 saturated carbocycles. The molecular formula is C30H37F3N2O3. The summed E-state index contributed by atoms with van der Waals surface area (Å²) in [7, 11) is 0. The molecule has 5 nitrogen and oxygen atoms in total. The number of likely N-dealkylation sites (tertiary alicyclic amines) is 1. The van der Waals surface area contributed by atoms with Gasteiger partial charge in [0, 0.05) is 43.1 Å². The van der Waals surface area contributed by atoms with E-state index in [1.807, 2.05) is 26.0 Å². The number of carbonyl (C=O) groups is 2. The molecule has 0 spiro atoms. The average molecular weight is 531 g/mol. The standard InChI is InChI=1S/C30H37F3N2O3/c1-20(2)22-10-11-23(26(31)17-22)19-34-14-12-21(15-27(34)29(37)38)16-28(36)35(24-7-4-3-5-8-24)25-9-6-13-30(32,33)18-25/h3-5,7-8,10-11,17,20-21,25,27H,6,9,12-16,18-19H2,1-2H3,(H,37,38). The zero-order chi connectivity index (χ0) is 27.4. The molecule has 0 aromatic heterocycles. The van der Waals surface area contributed by atoms with Crippen LogP contribution in [0.4, 0.5) is 18.9 Å². The molecule has 1 heterocycles. The van der Waals surface area contributed by atoms with E-state index >= 15 is 0 Å². The van der Waals surface area contributed by atoms with Crippen LogP contribution in [0.2, 0.25) is 0 Å². The number of para-hydroxylation sites is 1. The second kappa shape index (κ2) is 11.9. The second-order valence-electron chi connectivity index (χ2n) is 11.1. The summed E-state index contributed by atoms with van der Waals surface area (Å²) in [6.07, 6.45) is 1.23. The zero-order valence-electron chi connectivity index (χ0n) is 22.1. The fourth-order valence-electron chi connectivity index (χ4n) is 5.85. The quantitative estimate of drug-likeness (QED) is 0.417. The number of piperidine rings is 1. The number of alkyl halides is 2. The average Bonchev–Trinajstić information content (AvgIpc) is 2.86. The molecule has 1 aliphatic heterocycles. The van der Waals surface area contributed by atoms with Crippen LogP contribution in [0.5, 0.6) is 0 Å². The first-order chi connectivity index (χ1) is 18.0. The summed E-state index contributed by atoms with van der Waals surface area (Å²) in [5.74, 6) is -4.43. The Bertz CT molecular complexity index is 1120. The molecule has 2 aromatic carbocycles. The maximum absolute atomic E-state index is 14.7. The number of aliphatic carboxylic acids is 1. The largest absolute Gasteiger partial charge is 0.480 e. The van der Waals surface area contributed by atoms with Crippen LogP contribution >= 0.6 is 0 Å². The van der Waals surface area contributed by atoms with Gasteiger partial charge in [-0.3, -0.25) is 14.5 Å². The number of hydrogen-bond acceptors (Lipinski definition) is 3. The molecule has 2 aliphatic rings. The number of anilines is 1. The highest BCUT2D eigenvalue weighted by molar-refractivity contribution is 5.94. The van der Waals surface area contributed by atoms with E-state index in [1.54, 1.807) is 35.2 Å². The molecule has 1 amide bonds. The Morgan fingerprint density at radius 2 is 1.87 bits per heavy atom. The minimum atomic E-state index is -2.81. The third-order valence-electron chi connectivity index (χ3n) is 7.97. The van der Waals surface area contributed by atoms with Crippen molar-refractivity contribution in [3.8, 4) is 0 Å². The van der Waals surface area contributed by atoms with E-state index in [0.717, 1.165) is 5.56 Å². The lowest BCUT2D eigenvalue weighted by Gasteiger charge is -2.40. The summed E-state index contributed by atoms with van der Waals surface area (Å²) in [4.78, 5) is 29.0. The van der Waals surface area contributed by atoms with Gasteiger partial charge >= 0.3 is 5.97 Å². The lowest BCUT2D eigenvalue weighted by Crippen LogP contribution is -2.49. The van der Waals surface area contributed by atoms with Crippen LogP contribution in [0.25, 0.3) is 0 Å². The van der Waals surface area contributed by atoms with Gasteiger partial charge in [0.1, 0.15) is 11.9 Å². The Morgan fingerprint density at radius 3 is 2.50 bits per heavy atom. The zero-order valence-corrected chi connectivity index (χ0v) is 22.1. The first-order valence-electron chi connectivity index (χ1n) is 13.5. The first kappa shape index (κ1) is 28.1. The van der Waals surface area contributed by atoms with Crippen molar-refractivity contribution in [1.82, 2.24) is 4.90 Å². The number of carboxylic acids is 1. The molecular weight excluding hydrogens is 493 g/mol. The first-order valence-corrected chi connectivity index (χ1v) is 13.5. The van der Waals surface area contributed by atoms with Crippen molar-refractivity contribution in [2.24, 2.45) is 5.92 Å². The Labute approximate surface area is 222 Å². The summed E-state index contributed by atoms with van der Waals surface area (Å²) in [5.41, 5.74) is 1.92. The molecule has 8 heteroatoms. The van der Waals surface area contributed by atoms with E-state index in [2.05, 4.69) is 0 Å². The highest BCUT2D eigenvalue weighted by Crippen LogP contribution is 2.38. The highest BCUT2D eigenvalue weighted by Gasteiger charge is 2.41. The Morgan fingerprint density at radius 1 is 1.13 bits per heavy atom. The van der Waals surface area contributed by atoms with E-state index in [0.29, 0.717) is 37.1 Å². The molecule has 38 heavy (non-hydrogen) atoms. The predicted molar refractivity (Wildman–Crippen MR) is 141 cm³/mol. The molecule has 3 atom stereocenters. The van der Waals surface area contributed by atoms with Gasteiger partial charge in [0.25, 0.3) is 0 Å². The van der Waals surface area contributed by atoms with Gasteiger partial charge in [0.2, 0.25) is 11.8 Å². The van der Waals surface area contributed by atoms with Crippen molar-refractivity contribution < 1.29 is 27.9 Å². The number of carboxylic acid groups (broad SMARTS) is 1. The molecule has 1 N–H and O–H groups in total. The van der Waals surface area contributed by atoms with Gasteiger partial charge in [0.15, 0.2) is 0 Å². The Kier molecular flexibility index (Phi) is 8.81. The third-order valence-corrected chi connectivity index (χ3v) is 7.97. The van der Waals surface area contributed by atoms with Gasteiger partial charge in [-0.05, 0) is 67.8 Å². The number of amides is 1. The number of halogens is 3. The van der Waals surface area contributed by atoms with E-state index in [9.17, 15) is 27.9 Å². The van der Waals surface area contributed by atoms with Crippen molar-refractivity contribution in [3.05, 3.63) is 65.5 Å². The summed E-state index contributed by atoms with van der Waals surface area (Å²) in [6.45, 7) is 4.56. The van der Waals surface area contributed by atoms with Crippen molar-refractivity contribution in [3.63, 3.8) is 0 Å². The van der Waals surface area contributed by atoms with Gasteiger partial charge in [0.05, 0.1) is 0 Å².